The summed E-state index contributed by atoms with van der Waals surface area (Å²) < 4.78 is 23.8. The molecule has 5 N–H and O–H groups in total. The number of carbonyl (C=O) groups excluding carboxylic acids is 2. The van der Waals surface area contributed by atoms with Crippen molar-refractivity contribution in [3.05, 3.63) is 0 Å². The molecular formula is C40H85N5O6P+. The van der Waals surface area contributed by atoms with E-state index in [9.17, 15) is 19.0 Å². The van der Waals surface area contributed by atoms with E-state index in [0.29, 0.717) is 24.1 Å². The van der Waals surface area contributed by atoms with Crippen molar-refractivity contribution in [3.63, 3.8) is 0 Å². The van der Waals surface area contributed by atoms with E-state index in [0.717, 1.165) is 25.7 Å². The van der Waals surface area contributed by atoms with Crippen LogP contribution in [0.3, 0.4) is 0 Å². The van der Waals surface area contributed by atoms with Crippen molar-refractivity contribution in [3.8, 4) is 0 Å². The molecule has 1 unspecified atom stereocenters. The third-order valence-electron chi connectivity index (χ3n) is 9.41. The van der Waals surface area contributed by atoms with Crippen LogP contribution >= 0.6 is 7.82 Å². The van der Waals surface area contributed by atoms with Crippen LogP contribution in [0.25, 0.3) is 0 Å². The number of phosphoric acid groups is 1. The van der Waals surface area contributed by atoms with Crippen LogP contribution in [-0.2, 0) is 13.6 Å². The Hall–Kier alpha value is -1.39. The van der Waals surface area contributed by atoms with Gasteiger partial charge in [-0.3, -0.25) is 9.05 Å². The smallest absolute Gasteiger partial charge is 0.338 e. The third-order valence-corrected chi connectivity index (χ3v) is 10.5. The highest BCUT2D eigenvalue weighted by Crippen LogP contribution is 2.44. The number of nitrogens with zero attached hydrogens (tertiary/aromatic N) is 1. The molecule has 0 radical (unpaired) electrons. The van der Waals surface area contributed by atoms with E-state index in [1.165, 1.54) is 141 Å². The highest BCUT2D eigenvalue weighted by molar-refractivity contribution is 7.47. The van der Waals surface area contributed by atoms with E-state index >= 15 is 0 Å². The SMILES string of the molecule is CCCCCCCCCCCCCCCNC(=O)NCC(CNC(=O)NCCCCCCCCCCCCCCC)OP(=O)(O)OCC[N+](C)(C)C. The summed E-state index contributed by atoms with van der Waals surface area (Å²) in [5.41, 5.74) is 0. The molecule has 0 aliphatic rings. The Morgan fingerprint density at radius 2 is 0.846 bits per heavy atom. The van der Waals surface area contributed by atoms with Crippen LogP contribution in [0.15, 0.2) is 0 Å². The molecule has 0 saturated carbocycles. The summed E-state index contributed by atoms with van der Waals surface area (Å²) >= 11 is 0. The lowest BCUT2D eigenvalue weighted by atomic mass is 10.0. The average Bonchev–Trinajstić information content (AvgIpc) is 3.09. The lowest BCUT2D eigenvalue weighted by Gasteiger charge is -2.25. The fraction of sp³-hybridized carbons (Fsp3) is 0.950. The molecule has 0 aromatic rings. The summed E-state index contributed by atoms with van der Waals surface area (Å²) in [6, 6.07) is -0.753. The van der Waals surface area contributed by atoms with Crippen LogP contribution in [0, 0.1) is 0 Å². The molecule has 0 saturated heterocycles. The van der Waals surface area contributed by atoms with E-state index in [2.05, 4.69) is 35.1 Å². The summed E-state index contributed by atoms with van der Waals surface area (Å²) in [6.07, 6.45) is 32.0. The van der Waals surface area contributed by atoms with E-state index in [-0.39, 0.29) is 31.8 Å². The molecule has 11 nitrogen and oxygen atoms in total. The van der Waals surface area contributed by atoms with Gasteiger partial charge in [0.25, 0.3) is 0 Å². The van der Waals surface area contributed by atoms with Crippen LogP contribution in [0.2, 0.25) is 0 Å². The molecule has 4 amide bonds. The molecule has 0 aromatic heterocycles. The van der Waals surface area contributed by atoms with Crippen LogP contribution in [0.4, 0.5) is 9.59 Å². The lowest BCUT2D eigenvalue weighted by Crippen LogP contribution is -2.46. The van der Waals surface area contributed by atoms with Crippen molar-refractivity contribution in [1.29, 1.82) is 0 Å². The molecule has 0 rings (SSSR count). The quantitative estimate of drug-likeness (QED) is 0.0241. The Morgan fingerprint density at radius 3 is 1.15 bits per heavy atom. The number of urea groups is 2. The van der Waals surface area contributed by atoms with Gasteiger partial charge in [-0.1, -0.05) is 168 Å². The van der Waals surface area contributed by atoms with Crippen LogP contribution in [0.5, 0.6) is 0 Å². The Kier molecular flexibility index (Phi) is 34.4. The van der Waals surface area contributed by atoms with Crippen molar-refractivity contribution in [2.75, 3.05) is 60.5 Å². The van der Waals surface area contributed by atoms with Crippen LogP contribution in [-0.4, -0.2) is 88.0 Å². The minimum atomic E-state index is -4.41. The fourth-order valence-electron chi connectivity index (χ4n) is 6.02. The van der Waals surface area contributed by atoms with Crippen molar-refractivity contribution in [2.24, 2.45) is 0 Å². The van der Waals surface area contributed by atoms with Gasteiger partial charge in [0.1, 0.15) is 19.3 Å². The van der Waals surface area contributed by atoms with Gasteiger partial charge < -0.3 is 30.6 Å². The molecule has 0 aliphatic carbocycles. The number of nitrogens with one attached hydrogen (secondary N) is 4. The number of phosphoric ester groups is 1. The van der Waals surface area contributed by atoms with Gasteiger partial charge in [-0.15, -0.1) is 0 Å². The first-order chi connectivity index (χ1) is 25.0. The first kappa shape index (κ1) is 50.6. The second kappa shape index (κ2) is 35.3. The molecule has 0 aliphatic heterocycles. The zero-order chi connectivity index (χ0) is 38.6. The van der Waals surface area contributed by atoms with E-state index < -0.39 is 13.9 Å². The van der Waals surface area contributed by atoms with Gasteiger partial charge in [0.05, 0.1) is 21.1 Å². The lowest BCUT2D eigenvalue weighted by molar-refractivity contribution is -0.870. The highest BCUT2D eigenvalue weighted by atomic mass is 31.2. The summed E-state index contributed by atoms with van der Waals surface area (Å²) in [4.78, 5) is 35.3. The molecule has 0 fully saturated rings. The number of amides is 4. The Labute approximate surface area is 320 Å². The average molecular weight is 763 g/mol. The molecule has 0 aromatic carbocycles. The van der Waals surface area contributed by atoms with E-state index in [4.69, 9.17) is 9.05 Å². The van der Waals surface area contributed by atoms with Crippen molar-refractivity contribution in [2.45, 2.75) is 187 Å². The molecule has 0 bridgehead atoms. The van der Waals surface area contributed by atoms with Gasteiger partial charge in [-0.2, -0.15) is 0 Å². The summed E-state index contributed by atoms with van der Waals surface area (Å²) in [7, 11) is 1.45. The van der Waals surface area contributed by atoms with Crippen LogP contribution < -0.4 is 21.3 Å². The van der Waals surface area contributed by atoms with Gasteiger partial charge in [-0.25, -0.2) is 14.2 Å². The van der Waals surface area contributed by atoms with Crippen LogP contribution in [0.1, 0.15) is 181 Å². The first-order valence-corrected chi connectivity index (χ1v) is 23.0. The van der Waals surface area contributed by atoms with Gasteiger partial charge in [0.2, 0.25) is 0 Å². The zero-order valence-electron chi connectivity index (χ0n) is 34.6. The number of unbranched alkanes of at least 4 members (excludes halogenated alkanes) is 24. The maximum Gasteiger partial charge on any atom is 0.472 e. The van der Waals surface area contributed by atoms with Gasteiger partial charge in [0.15, 0.2) is 0 Å². The largest absolute Gasteiger partial charge is 0.472 e. The topological polar surface area (TPSA) is 138 Å². The number of likely N-dealkylation sites (N-methyl/N-ethyl adjacent to an activating group) is 1. The minimum Gasteiger partial charge on any atom is -0.338 e. The monoisotopic (exact) mass is 763 g/mol. The number of hydrogen-bond acceptors (Lipinski definition) is 5. The highest BCUT2D eigenvalue weighted by Gasteiger charge is 2.28. The summed E-state index contributed by atoms with van der Waals surface area (Å²) in [5.74, 6) is 0. The molecule has 0 spiro atoms. The van der Waals surface area contributed by atoms with E-state index in [1.807, 2.05) is 21.1 Å². The third kappa shape index (κ3) is 38.3. The second-order valence-corrected chi connectivity index (χ2v) is 17.2. The molecule has 310 valence electrons. The number of carbonyl (C=O) groups is 2. The molecule has 1 atom stereocenters. The van der Waals surface area contributed by atoms with Gasteiger partial charge in [0, 0.05) is 26.2 Å². The first-order valence-electron chi connectivity index (χ1n) is 21.5. The predicted octanol–water partition coefficient (Wildman–Crippen LogP) is 9.98. The van der Waals surface area contributed by atoms with Crippen molar-refractivity contribution in [1.82, 2.24) is 21.3 Å². The molecule has 52 heavy (non-hydrogen) atoms. The summed E-state index contributed by atoms with van der Waals surface area (Å²) in [6.45, 7) is 6.04. The normalized spacial score (nSPS) is 12.9. The fourth-order valence-corrected chi connectivity index (χ4v) is 6.92. The Balaban J connectivity index is 4.29. The van der Waals surface area contributed by atoms with Gasteiger partial charge >= 0.3 is 19.9 Å². The van der Waals surface area contributed by atoms with E-state index in [1.54, 1.807) is 0 Å². The second-order valence-electron chi connectivity index (χ2n) is 15.8. The number of quaternary nitrogens is 1. The standard InChI is InChI=1S/C40H84N5O6P/c1-6-8-10-12-14-16-18-20-22-24-26-28-30-32-41-39(46)43-36-38(51-52(48,49)50-35-34-45(3,4)5)37-44-40(47)42-33-31-29-27-25-23-21-19-17-15-13-11-9-7-2/h38H,6-37H2,1-5H3,(H4-,41,42,43,44,46,47,48,49)/p+1. The predicted molar refractivity (Wildman–Crippen MR) is 218 cm³/mol. The van der Waals surface area contributed by atoms with Crippen molar-refractivity contribution < 1.29 is 32.6 Å². The minimum absolute atomic E-state index is 0.0318. The maximum atomic E-state index is 12.7. The zero-order valence-corrected chi connectivity index (χ0v) is 35.5. The molecular weight excluding hydrogens is 677 g/mol. The number of rotatable bonds is 38. The molecule has 0 heterocycles. The summed E-state index contributed by atoms with van der Waals surface area (Å²) in [5, 5.41) is 11.1. The Bertz CT molecular complexity index is 828. The Morgan fingerprint density at radius 1 is 0.538 bits per heavy atom. The van der Waals surface area contributed by atoms with Gasteiger partial charge in [-0.05, 0) is 12.8 Å². The van der Waals surface area contributed by atoms with Crippen molar-refractivity contribution >= 4 is 19.9 Å². The number of hydrogen-bond donors (Lipinski definition) is 5. The molecule has 12 heteroatoms. The maximum absolute atomic E-state index is 12.7.